The molecule has 2 saturated heterocycles. The van der Waals surface area contributed by atoms with Gasteiger partial charge in [0, 0.05) is 10.5 Å². The van der Waals surface area contributed by atoms with Gasteiger partial charge in [0.05, 0.1) is 18.2 Å². The van der Waals surface area contributed by atoms with Gasteiger partial charge in [-0.2, -0.15) is 0 Å². The minimum atomic E-state index is -0.276. The van der Waals surface area contributed by atoms with Crippen LogP contribution in [0.3, 0.4) is 0 Å². The van der Waals surface area contributed by atoms with Crippen molar-refractivity contribution < 1.29 is 9.59 Å². The van der Waals surface area contributed by atoms with Gasteiger partial charge in [0.15, 0.2) is 0 Å². The van der Waals surface area contributed by atoms with Gasteiger partial charge >= 0.3 is 0 Å². The first kappa shape index (κ1) is 15.7. The molecular weight excluding hydrogens is 344 g/mol. The maximum Gasteiger partial charge on any atom is 0.251 e. The van der Waals surface area contributed by atoms with E-state index in [0.29, 0.717) is 18.2 Å². The molecule has 0 N–H and O–H groups in total. The zero-order chi connectivity index (χ0) is 15.7. The fourth-order valence-corrected chi connectivity index (χ4v) is 3.87. The van der Waals surface area contributed by atoms with Gasteiger partial charge in [0.2, 0.25) is 5.91 Å². The Bertz CT molecular complexity index is 573. The molecule has 2 aliphatic heterocycles. The predicted molar refractivity (Wildman–Crippen MR) is 89.7 cm³/mol. The number of piperidine rings is 1. The highest BCUT2D eigenvalue weighted by Gasteiger charge is 2.44. The van der Waals surface area contributed by atoms with Crippen molar-refractivity contribution in [2.45, 2.75) is 51.1 Å². The van der Waals surface area contributed by atoms with E-state index in [-0.39, 0.29) is 17.9 Å². The molecule has 2 atom stereocenters. The summed E-state index contributed by atoms with van der Waals surface area (Å²) in [6.07, 6.45) is 4.82. The van der Waals surface area contributed by atoms with Crippen LogP contribution in [0.25, 0.3) is 0 Å². The summed E-state index contributed by atoms with van der Waals surface area (Å²) in [4.78, 5) is 28.8. The minimum absolute atomic E-state index is 0.0623. The van der Waals surface area contributed by atoms with Crippen LogP contribution in [0.15, 0.2) is 28.7 Å². The molecule has 2 aliphatic rings. The molecule has 1 aromatic rings. The molecule has 2 fully saturated rings. The van der Waals surface area contributed by atoms with E-state index in [4.69, 9.17) is 0 Å². The van der Waals surface area contributed by atoms with Crippen LogP contribution < -0.4 is 4.90 Å². The zero-order valence-electron chi connectivity index (χ0n) is 12.8. The molecule has 0 bridgehead atoms. The number of carbonyl (C=O) groups excluding carboxylic acids is 2. The summed E-state index contributed by atoms with van der Waals surface area (Å²) < 4.78 is 0.939. The van der Waals surface area contributed by atoms with Crippen molar-refractivity contribution in [3.05, 3.63) is 28.7 Å². The average molecular weight is 365 g/mol. The van der Waals surface area contributed by atoms with Crippen molar-refractivity contribution in [1.29, 1.82) is 0 Å². The lowest BCUT2D eigenvalue weighted by atomic mass is 9.97. The molecule has 0 saturated carbocycles. The number of hydrogen-bond acceptors (Lipinski definition) is 3. The Labute approximate surface area is 139 Å². The van der Waals surface area contributed by atoms with E-state index in [2.05, 4.69) is 27.8 Å². The monoisotopic (exact) mass is 364 g/mol. The molecular formula is C17H21BrN2O2. The zero-order valence-corrected chi connectivity index (χ0v) is 14.4. The van der Waals surface area contributed by atoms with Crippen LogP contribution in [0.4, 0.5) is 5.69 Å². The van der Waals surface area contributed by atoms with Crippen LogP contribution in [-0.4, -0.2) is 35.3 Å². The second kappa shape index (κ2) is 6.50. The van der Waals surface area contributed by atoms with E-state index in [1.165, 1.54) is 11.3 Å². The number of imide groups is 1. The number of likely N-dealkylation sites (tertiary alicyclic amines) is 1. The molecule has 4 nitrogen and oxygen atoms in total. The first-order chi connectivity index (χ1) is 10.6. The summed E-state index contributed by atoms with van der Waals surface area (Å²) in [5, 5.41) is 0. The largest absolute Gasteiger partial charge is 0.289 e. The van der Waals surface area contributed by atoms with Gasteiger partial charge in [-0.25, -0.2) is 4.90 Å². The second-order valence-corrected chi connectivity index (χ2v) is 6.98. The van der Waals surface area contributed by atoms with Crippen LogP contribution in [0, 0.1) is 0 Å². The first-order valence-corrected chi connectivity index (χ1v) is 8.79. The summed E-state index contributed by atoms with van der Waals surface area (Å²) in [5.74, 6) is -0.148. The Morgan fingerprint density at radius 3 is 2.59 bits per heavy atom. The molecule has 22 heavy (non-hydrogen) atoms. The van der Waals surface area contributed by atoms with Crippen molar-refractivity contribution in [3.63, 3.8) is 0 Å². The Morgan fingerprint density at radius 1 is 1.18 bits per heavy atom. The van der Waals surface area contributed by atoms with Gasteiger partial charge in [-0.1, -0.05) is 29.3 Å². The molecule has 2 amide bonds. The van der Waals surface area contributed by atoms with Gasteiger partial charge in [0.25, 0.3) is 5.91 Å². The lowest BCUT2D eigenvalue weighted by Crippen LogP contribution is -2.49. The van der Waals surface area contributed by atoms with Crippen LogP contribution >= 0.6 is 15.9 Å². The number of hydrogen-bond donors (Lipinski definition) is 0. The SMILES string of the molecule is CC[C@@H]1CCCCN1[C@H]1CC(=O)N(c2ccc(Br)cc2)C1=O. The third kappa shape index (κ3) is 2.84. The average Bonchev–Trinajstić information content (AvgIpc) is 2.83. The molecule has 0 radical (unpaired) electrons. The molecule has 1 aromatic carbocycles. The van der Waals surface area contributed by atoms with Crippen molar-refractivity contribution in [2.75, 3.05) is 11.4 Å². The molecule has 0 spiro atoms. The number of amides is 2. The standard InChI is InChI=1S/C17H21BrN2O2/c1-2-13-5-3-4-10-19(13)15-11-16(21)20(17(15)22)14-8-6-12(18)7-9-14/h6-9,13,15H,2-5,10-11H2,1H3/t13-,15+/m1/s1. The van der Waals surface area contributed by atoms with Crippen LogP contribution in [0.1, 0.15) is 39.0 Å². The minimum Gasteiger partial charge on any atom is -0.289 e. The maximum absolute atomic E-state index is 12.8. The maximum atomic E-state index is 12.8. The highest BCUT2D eigenvalue weighted by Crippen LogP contribution is 2.31. The van der Waals surface area contributed by atoms with E-state index in [1.807, 2.05) is 24.3 Å². The van der Waals surface area contributed by atoms with E-state index in [9.17, 15) is 9.59 Å². The van der Waals surface area contributed by atoms with E-state index in [1.54, 1.807) is 0 Å². The van der Waals surface area contributed by atoms with Crippen LogP contribution in [0.5, 0.6) is 0 Å². The molecule has 0 aromatic heterocycles. The van der Waals surface area contributed by atoms with Crippen molar-refractivity contribution >= 4 is 33.4 Å². The summed E-state index contributed by atoms with van der Waals surface area (Å²) in [5.41, 5.74) is 0.672. The number of rotatable bonds is 3. The van der Waals surface area contributed by atoms with Gasteiger partial charge < -0.3 is 0 Å². The summed E-state index contributed by atoms with van der Waals surface area (Å²) in [7, 11) is 0. The number of halogens is 1. The highest BCUT2D eigenvalue weighted by molar-refractivity contribution is 9.10. The number of carbonyl (C=O) groups is 2. The van der Waals surface area contributed by atoms with E-state index < -0.39 is 0 Å². The summed E-state index contributed by atoms with van der Waals surface area (Å²) in [6, 6.07) is 7.51. The van der Waals surface area contributed by atoms with Gasteiger partial charge in [-0.05, 0) is 50.1 Å². The van der Waals surface area contributed by atoms with E-state index >= 15 is 0 Å². The third-order valence-corrected chi connectivity index (χ3v) is 5.28. The van der Waals surface area contributed by atoms with Crippen molar-refractivity contribution in [3.8, 4) is 0 Å². The Balaban J connectivity index is 1.83. The van der Waals surface area contributed by atoms with Gasteiger partial charge in [0.1, 0.15) is 0 Å². The Morgan fingerprint density at radius 2 is 1.91 bits per heavy atom. The van der Waals surface area contributed by atoms with E-state index in [0.717, 1.165) is 30.3 Å². The summed E-state index contributed by atoms with van der Waals surface area (Å²) >= 11 is 3.38. The molecule has 3 rings (SSSR count). The predicted octanol–water partition coefficient (Wildman–Crippen LogP) is 3.35. The number of nitrogens with zero attached hydrogens (tertiary/aromatic N) is 2. The fourth-order valence-electron chi connectivity index (χ4n) is 3.61. The second-order valence-electron chi connectivity index (χ2n) is 6.06. The quantitative estimate of drug-likeness (QED) is 0.772. The lowest BCUT2D eigenvalue weighted by molar-refractivity contribution is -0.123. The number of anilines is 1. The van der Waals surface area contributed by atoms with Crippen LogP contribution in [-0.2, 0) is 9.59 Å². The van der Waals surface area contributed by atoms with Crippen molar-refractivity contribution in [1.82, 2.24) is 4.90 Å². The molecule has 118 valence electrons. The molecule has 0 aliphatic carbocycles. The summed E-state index contributed by atoms with van der Waals surface area (Å²) in [6.45, 7) is 3.09. The molecule has 5 heteroatoms. The van der Waals surface area contributed by atoms with Crippen LogP contribution in [0.2, 0.25) is 0 Å². The Hall–Kier alpha value is -1.20. The van der Waals surface area contributed by atoms with Crippen molar-refractivity contribution in [2.24, 2.45) is 0 Å². The number of benzene rings is 1. The highest BCUT2D eigenvalue weighted by atomic mass is 79.9. The normalized spacial score (nSPS) is 26.7. The lowest BCUT2D eigenvalue weighted by Gasteiger charge is -2.38. The van der Waals surface area contributed by atoms with Gasteiger partial charge in [-0.15, -0.1) is 0 Å². The Kier molecular flexibility index (Phi) is 4.64. The molecule has 0 unspecified atom stereocenters. The van der Waals surface area contributed by atoms with Gasteiger partial charge in [-0.3, -0.25) is 14.5 Å². The molecule has 2 heterocycles. The first-order valence-electron chi connectivity index (χ1n) is 8.00. The fraction of sp³-hybridized carbons (Fsp3) is 0.529. The topological polar surface area (TPSA) is 40.6 Å². The smallest absolute Gasteiger partial charge is 0.251 e. The third-order valence-electron chi connectivity index (χ3n) is 4.75.